The number of aliphatic carboxylic acids is 2. The number of hydrogen-bond acceptors (Lipinski definition) is 11. The first-order chi connectivity index (χ1) is 15.0. The van der Waals surface area contributed by atoms with Crippen molar-refractivity contribution in [2.45, 2.75) is 49.8 Å². The first-order valence-corrected chi connectivity index (χ1v) is 9.26. The number of nitrogens with zero attached hydrogens (tertiary/aromatic N) is 2. The molecule has 15 nitrogen and oxygen atoms in total. The van der Waals surface area contributed by atoms with Crippen LogP contribution >= 0.6 is 0 Å². The van der Waals surface area contributed by atoms with Crippen LogP contribution in [0.2, 0.25) is 0 Å². The minimum atomic E-state index is -1.59. The molecular formula is C17H22N4O11. The Balaban J connectivity index is 2.00. The van der Waals surface area contributed by atoms with E-state index in [0.29, 0.717) is 0 Å². The molecule has 7 N–H and O–H groups in total. The smallest absolute Gasteiger partial charge is 0.351 e. The minimum Gasteiger partial charge on any atom is -0.481 e. The van der Waals surface area contributed by atoms with Crippen molar-refractivity contribution in [3.63, 3.8) is 0 Å². The lowest BCUT2D eigenvalue weighted by atomic mass is 10.1. The van der Waals surface area contributed by atoms with Crippen molar-refractivity contribution in [3.8, 4) is 0 Å². The molecule has 176 valence electrons. The van der Waals surface area contributed by atoms with Gasteiger partial charge in [-0.15, -0.1) is 0 Å². The molecule has 5 unspecified atom stereocenters. The summed E-state index contributed by atoms with van der Waals surface area (Å²) in [6, 6.07) is -0.262. The molecule has 0 spiro atoms. The van der Waals surface area contributed by atoms with Crippen molar-refractivity contribution >= 4 is 29.6 Å². The summed E-state index contributed by atoms with van der Waals surface area (Å²) in [6.07, 6.45) is -5.98. The predicted octanol–water partition coefficient (Wildman–Crippen LogP) is -2.99. The van der Waals surface area contributed by atoms with Crippen molar-refractivity contribution in [1.29, 1.82) is 0 Å². The third kappa shape index (κ3) is 6.55. The number of carbonyl (C=O) groups excluding carboxylic acids is 2. The highest BCUT2D eigenvalue weighted by molar-refractivity contribution is 5.93. The molecule has 0 bridgehead atoms. The minimum absolute atomic E-state index is 0.203. The number of anilines is 1. The third-order valence-electron chi connectivity index (χ3n) is 4.38. The number of amides is 1. The van der Waals surface area contributed by atoms with E-state index >= 15 is 0 Å². The zero-order valence-electron chi connectivity index (χ0n) is 16.5. The topological polar surface area (TPSA) is 241 Å². The maximum absolute atomic E-state index is 12.3. The highest BCUT2D eigenvalue weighted by Gasteiger charge is 2.44. The maximum atomic E-state index is 12.3. The van der Waals surface area contributed by atoms with Gasteiger partial charge in [0.2, 0.25) is 5.91 Å². The van der Waals surface area contributed by atoms with E-state index in [9.17, 15) is 34.2 Å². The van der Waals surface area contributed by atoms with Crippen LogP contribution in [0.3, 0.4) is 0 Å². The molecule has 1 aromatic heterocycles. The summed E-state index contributed by atoms with van der Waals surface area (Å²) in [4.78, 5) is 60.2. The second kappa shape index (κ2) is 10.8. The van der Waals surface area contributed by atoms with Gasteiger partial charge in [0.15, 0.2) is 6.23 Å². The zero-order valence-corrected chi connectivity index (χ0v) is 16.5. The van der Waals surface area contributed by atoms with Gasteiger partial charge in [0.1, 0.15) is 36.8 Å². The SMILES string of the molecule is NC(CC(=O)Nc1ccn(C2OC(COC(=O)CCC(=O)O)C(O)C2O)c(=O)n1)C(=O)O. The van der Waals surface area contributed by atoms with Crippen LogP contribution in [0, 0.1) is 0 Å². The molecule has 0 aliphatic carbocycles. The molecule has 1 aliphatic heterocycles. The molecule has 2 rings (SSSR count). The van der Waals surface area contributed by atoms with Crippen LogP contribution in [-0.4, -0.2) is 84.8 Å². The van der Waals surface area contributed by atoms with Gasteiger partial charge in [-0.3, -0.25) is 23.7 Å². The van der Waals surface area contributed by atoms with E-state index in [4.69, 9.17) is 25.4 Å². The number of carboxylic acids is 2. The predicted molar refractivity (Wildman–Crippen MR) is 101 cm³/mol. The van der Waals surface area contributed by atoms with Gasteiger partial charge in [0.25, 0.3) is 0 Å². The Kier molecular flexibility index (Phi) is 8.36. The van der Waals surface area contributed by atoms with Gasteiger partial charge in [-0.05, 0) is 6.07 Å². The summed E-state index contributed by atoms with van der Waals surface area (Å²) < 4.78 is 11.0. The Morgan fingerprint density at radius 1 is 1.22 bits per heavy atom. The summed E-state index contributed by atoms with van der Waals surface area (Å²) in [7, 11) is 0. The van der Waals surface area contributed by atoms with Crippen molar-refractivity contribution in [1.82, 2.24) is 9.55 Å². The second-order valence-corrected chi connectivity index (χ2v) is 6.82. The zero-order chi connectivity index (χ0) is 24.0. The van der Waals surface area contributed by atoms with E-state index in [-0.39, 0.29) is 5.82 Å². The Morgan fingerprint density at radius 2 is 1.91 bits per heavy atom. The first kappa shape index (κ1) is 24.9. The van der Waals surface area contributed by atoms with Gasteiger partial charge in [0.05, 0.1) is 19.3 Å². The average Bonchev–Trinajstić information content (AvgIpc) is 2.99. The molecule has 2 heterocycles. The monoisotopic (exact) mass is 458 g/mol. The summed E-state index contributed by atoms with van der Waals surface area (Å²) in [5.74, 6) is -4.40. The van der Waals surface area contributed by atoms with Crippen LogP contribution in [0.4, 0.5) is 5.82 Å². The summed E-state index contributed by atoms with van der Waals surface area (Å²) in [6.45, 7) is -0.493. The van der Waals surface area contributed by atoms with E-state index in [1.165, 1.54) is 6.07 Å². The lowest BCUT2D eigenvalue weighted by Crippen LogP contribution is -2.37. The van der Waals surface area contributed by atoms with Crippen molar-refractivity contribution in [2.75, 3.05) is 11.9 Å². The Morgan fingerprint density at radius 3 is 2.50 bits per heavy atom. The molecule has 0 aromatic carbocycles. The highest BCUT2D eigenvalue weighted by atomic mass is 16.6. The number of nitrogens with two attached hydrogens (primary N) is 1. The number of aromatic nitrogens is 2. The van der Waals surface area contributed by atoms with E-state index < -0.39 is 86.0 Å². The third-order valence-corrected chi connectivity index (χ3v) is 4.38. The fourth-order valence-electron chi connectivity index (χ4n) is 2.71. The van der Waals surface area contributed by atoms with E-state index in [2.05, 4.69) is 10.3 Å². The maximum Gasteiger partial charge on any atom is 0.351 e. The fraction of sp³-hybridized carbons (Fsp3) is 0.529. The van der Waals surface area contributed by atoms with Crippen molar-refractivity contribution in [3.05, 3.63) is 22.7 Å². The van der Waals surface area contributed by atoms with E-state index in [1.54, 1.807) is 0 Å². The standard InChI is InChI=1S/C17H22N4O11/c18-7(16(28)29)5-10(22)19-9-3-4-21(17(30)20-9)15-14(27)13(26)8(32-15)6-31-12(25)2-1-11(23)24/h3-4,7-8,13-15,26-27H,1-2,5-6,18H2,(H,23,24)(H,28,29)(H,19,20,22,30). The number of aliphatic hydroxyl groups excluding tert-OH is 2. The van der Waals surface area contributed by atoms with Gasteiger partial charge in [-0.1, -0.05) is 0 Å². The summed E-state index contributed by atoms with van der Waals surface area (Å²) in [5, 5.41) is 39.7. The number of aliphatic hydroxyl groups is 2. The first-order valence-electron chi connectivity index (χ1n) is 9.26. The second-order valence-electron chi connectivity index (χ2n) is 6.82. The van der Waals surface area contributed by atoms with Crippen LogP contribution in [-0.2, 0) is 28.7 Å². The molecule has 1 amide bonds. The summed E-state index contributed by atoms with van der Waals surface area (Å²) in [5.41, 5.74) is 4.28. The Hall–Kier alpha value is -3.40. The number of carbonyl (C=O) groups is 4. The van der Waals surface area contributed by atoms with Crippen LogP contribution in [0.25, 0.3) is 0 Å². The molecule has 32 heavy (non-hydrogen) atoms. The molecule has 0 radical (unpaired) electrons. The van der Waals surface area contributed by atoms with Crippen LogP contribution < -0.4 is 16.7 Å². The molecular weight excluding hydrogens is 436 g/mol. The fourth-order valence-corrected chi connectivity index (χ4v) is 2.71. The quantitative estimate of drug-likeness (QED) is 0.192. The normalized spacial score (nSPS) is 23.3. The number of rotatable bonds is 10. The molecule has 1 aromatic rings. The van der Waals surface area contributed by atoms with Gasteiger partial charge in [0, 0.05) is 6.20 Å². The molecule has 1 aliphatic rings. The lowest BCUT2D eigenvalue weighted by Gasteiger charge is -2.17. The van der Waals surface area contributed by atoms with Gasteiger partial charge >= 0.3 is 23.6 Å². The van der Waals surface area contributed by atoms with E-state index in [1.807, 2.05) is 0 Å². The number of carboxylic acid groups (broad SMARTS) is 2. The van der Waals surface area contributed by atoms with E-state index in [0.717, 1.165) is 10.8 Å². The Bertz CT molecular complexity index is 933. The largest absolute Gasteiger partial charge is 0.481 e. The number of esters is 1. The molecule has 1 saturated heterocycles. The molecule has 1 fully saturated rings. The van der Waals surface area contributed by atoms with Crippen molar-refractivity contribution in [2.24, 2.45) is 5.73 Å². The van der Waals surface area contributed by atoms with Gasteiger partial charge in [-0.25, -0.2) is 4.79 Å². The molecule has 0 saturated carbocycles. The number of hydrogen-bond donors (Lipinski definition) is 6. The van der Waals surface area contributed by atoms with Crippen molar-refractivity contribution < 1.29 is 49.1 Å². The van der Waals surface area contributed by atoms with Crippen LogP contribution in [0.1, 0.15) is 25.5 Å². The number of ether oxygens (including phenoxy) is 2. The van der Waals surface area contributed by atoms with Crippen LogP contribution in [0.5, 0.6) is 0 Å². The lowest BCUT2D eigenvalue weighted by molar-refractivity contribution is -0.152. The summed E-state index contributed by atoms with van der Waals surface area (Å²) >= 11 is 0. The highest BCUT2D eigenvalue weighted by Crippen LogP contribution is 2.28. The molecule has 15 heteroatoms. The number of nitrogens with one attached hydrogen (secondary N) is 1. The van der Waals surface area contributed by atoms with Gasteiger partial charge in [-0.2, -0.15) is 4.98 Å². The molecule has 5 atom stereocenters. The van der Waals surface area contributed by atoms with Crippen LogP contribution in [0.15, 0.2) is 17.1 Å². The van der Waals surface area contributed by atoms with Gasteiger partial charge < -0.3 is 41.0 Å². The average molecular weight is 458 g/mol. The Labute approximate surface area is 179 Å².